The molecule has 2 atom stereocenters. The maximum atomic E-state index is 12.5. The lowest BCUT2D eigenvalue weighted by Crippen LogP contribution is -2.38. The van der Waals surface area contributed by atoms with E-state index in [1.165, 1.54) is 0 Å². The van der Waals surface area contributed by atoms with Gasteiger partial charge in [0.15, 0.2) is 0 Å². The van der Waals surface area contributed by atoms with Crippen molar-refractivity contribution in [3.05, 3.63) is 34.9 Å². The zero-order valence-corrected chi connectivity index (χ0v) is 12.1. The molecule has 1 aliphatic rings. The van der Waals surface area contributed by atoms with Crippen LogP contribution in [0.15, 0.2) is 24.3 Å². The van der Waals surface area contributed by atoms with E-state index in [0.717, 1.165) is 36.4 Å². The van der Waals surface area contributed by atoms with E-state index in [0.29, 0.717) is 6.54 Å². The number of carbonyl (C=O) groups is 1. The zero-order chi connectivity index (χ0) is 13.8. The molecule has 0 radical (unpaired) electrons. The summed E-state index contributed by atoms with van der Waals surface area (Å²) in [6.45, 7) is 3.26. The van der Waals surface area contributed by atoms with E-state index in [4.69, 9.17) is 17.3 Å². The Hall–Kier alpha value is -1.06. The molecule has 2 N–H and O–H groups in total. The second-order valence-electron chi connectivity index (χ2n) is 5.09. The minimum absolute atomic E-state index is 0.0558. The molecule has 19 heavy (non-hydrogen) atoms. The molecule has 1 aromatic carbocycles. The lowest BCUT2D eigenvalue weighted by molar-refractivity contribution is -0.136. The van der Waals surface area contributed by atoms with Gasteiger partial charge < -0.3 is 10.6 Å². The molecule has 1 aliphatic heterocycles. The van der Waals surface area contributed by atoms with Crippen LogP contribution in [0.25, 0.3) is 0 Å². The minimum Gasteiger partial charge on any atom is -0.335 e. The average Bonchev–Trinajstić information content (AvgIpc) is 2.89. The van der Waals surface area contributed by atoms with Crippen LogP contribution in [0.2, 0.25) is 5.02 Å². The molecule has 3 nitrogen and oxygen atoms in total. The summed E-state index contributed by atoms with van der Waals surface area (Å²) in [7, 11) is 0. The number of likely N-dealkylation sites (tertiary alicyclic amines) is 1. The molecule has 1 heterocycles. The Morgan fingerprint density at radius 3 is 3.00 bits per heavy atom. The van der Waals surface area contributed by atoms with Gasteiger partial charge in [0, 0.05) is 18.1 Å². The first-order valence-corrected chi connectivity index (χ1v) is 7.31. The number of nitrogens with two attached hydrogens (primary N) is 1. The number of hydrogen-bond acceptors (Lipinski definition) is 2. The number of rotatable bonds is 4. The molecule has 4 heteroatoms. The molecule has 1 fully saturated rings. The Labute approximate surface area is 119 Å². The van der Waals surface area contributed by atoms with Crippen LogP contribution >= 0.6 is 11.6 Å². The highest BCUT2D eigenvalue weighted by Crippen LogP contribution is 2.34. The van der Waals surface area contributed by atoms with Gasteiger partial charge in [-0.15, -0.1) is 0 Å². The van der Waals surface area contributed by atoms with E-state index in [2.05, 4.69) is 0 Å². The molecule has 104 valence electrons. The van der Waals surface area contributed by atoms with E-state index in [-0.39, 0.29) is 17.9 Å². The van der Waals surface area contributed by atoms with Gasteiger partial charge in [0.2, 0.25) is 5.91 Å². The summed E-state index contributed by atoms with van der Waals surface area (Å²) >= 11 is 6.04. The number of halogens is 1. The van der Waals surface area contributed by atoms with E-state index < -0.39 is 0 Å². The van der Waals surface area contributed by atoms with Crippen molar-refractivity contribution < 1.29 is 4.79 Å². The van der Waals surface area contributed by atoms with Crippen molar-refractivity contribution in [2.75, 3.05) is 13.1 Å². The molecule has 0 saturated carbocycles. The summed E-state index contributed by atoms with van der Waals surface area (Å²) in [6.07, 6.45) is 2.85. The predicted molar refractivity (Wildman–Crippen MR) is 78.0 cm³/mol. The molecule has 0 aliphatic carbocycles. The molecule has 1 saturated heterocycles. The quantitative estimate of drug-likeness (QED) is 0.922. The van der Waals surface area contributed by atoms with Gasteiger partial charge >= 0.3 is 0 Å². The molecule has 0 bridgehead atoms. The lowest BCUT2D eigenvalue weighted by Gasteiger charge is -2.28. The van der Waals surface area contributed by atoms with Crippen molar-refractivity contribution in [1.29, 1.82) is 0 Å². The van der Waals surface area contributed by atoms with Crippen LogP contribution in [-0.4, -0.2) is 23.9 Å². The third-order valence-electron chi connectivity index (χ3n) is 3.90. The summed E-state index contributed by atoms with van der Waals surface area (Å²) < 4.78 is 0. The first-order chi connectivity index (χ1) is 9.17. The van der Waals surface area contributed by atoms with Gasteiger partial charge in [-0.25, -0.2) is 0 Å². The molecule has 0 spiro atoms. The number of nitrogens with zero attached hydrogens (tertiary/aromatic N) is 1. The highest BCUT2D eigenvalue weighted by Gasteiger charge is 2.32. The Morgan fingerprint density at radius 1 is 1.58 bits per heavy atom. The van der Waals surface area contributed by atoms with Crippen LogP contribution in [-0.2, 0) is 4.79 Å². The number of amides is 1. The monoisotopic (exact) mass is 280 g/mol. The van der Waals surface area contributed by atoms with Crippen LogP contribution in [0.1, 0.15) is 37.8 Å². The summed E-state index contributed by atoms with van der Waals surface area (Å²) in [5.74, 6) is 0.132. The van der Waals surface area contributed by atoms with Crippen molar-refractivity contribution in [3.8, 4) is 0 Å². The van der Waals surface area contributed by atoms with E-state index in [1.807, 2.05) is 36.1 Å². The van der Waals surface area contributed by atoms with Crippen LogP contribution in [0.3, 0.4) is 0 Å². The zero-order valence-electron chi connectivity index (χ0n) is 11.3. The fourth-order valence-corrected chi connectivity index (χ4v) is 2.97. The van der Waals surface area contributed by atoms with Crippen LogP contribution in [0.4, 0.5) is 0 Å². The van der Waals surface area contributed by atoms with Gasteiger partial charge in [-0.2, -0.15) is 0 Å². The van der Waals surface area contributed by atoms with E-state index >= 15 is 0 Å². The first kappa shape index (κ1) is 14.4. The minimum atomic E-state index is -0.0558. The fraction of sp³-hybridized carbons (Fsp3) is 0.533. The number of hydrogen-bond donors (Lipinski definition) is 1. The van der Waals surface area contributed by atoms with Crippen molar-refractivity contribution >= 4 is 17.5 Å². The van der Waals surface area contributed by atoms with Gasteiger partial charge in [-0.3, -0.25) is 4.79 Å². The summed E-state index contributed by atoms with van der Waals surface area (Å²) in [5.41, 5.74) is 6.82. The van der Waals surface area contributed by atoms with Crippen LogP contribution < -0.4 is 5.73 Å². The standard InChI is InChI=1S/C15H21ClN2O/c1-2-11(10-17)15(19)18-8-4-7-14(18)12-5-3-6-13(16)9-12/h3,5-6,9,11,14H,2,4,7-8,10,17H2,1H3. The van der Waals surface area contributed by atoms with Gasteiger partial charge in [0.25, 0.3) is 0 Å². The maximum absolute atomic E-state index is 12.5. The topological polar surface area (TPSA) is 46.3 Å². The smallest absolute Gasteiger partial charge is 0.227 e. The molecule has 1 aromatic rings. The third-order valence-corrected chi connectivity index (χ3v) is 4.13. The fourth-order valence-electron chi connectivity index (χ4n) is 2.77. The van der Waals surface area contributed by atoms with Gasteiger partial charge in [-0.1, -0.05) is 30.7 Å². The van der Waals surface area contributed by atoms with E-state index in [9.17, 15) is 4.79 Å². The average molecular weight is 281 g/mol. The second-order valence-corrected chi connectivity index (χ2v) is 5.52. The summed E-state index contributed by atoms with van der Waals surface area (Å²) in [5, 5.41) is 0.725. The number of carbonyl (C=O) groups excluding carboxylic acids is 1. The largest absolute Gasteiger partial charge is 0.335 e. The number of benzene rings is 1. The lowest BCUT2D eigenvalue weighted by atomic mass is 10.0. The van der Waals surface area contributed by atoms with Gasteiger partial charge in [-0.05, 0) is 37.0 Å². The van der Waals surface area contributed by atoms with Gasteiger partial charge in [0.1, 0.15) is 0 Å². The van der Waals surface area contributed by atoms with Crippen molar-refractivity contribution in [1.82, 2.24) is 4.90 Å². The Kier molecular flexibility index (Phi) is 4.83. The van der Waals surface area contributed by atoms with Crippen LogP contribution in [0.5, 0.6) is 0 Å². The van der Waals surface area contributed by atoms with Gasteiger partial charge in [0.05, 0.1) is 12.0 Å². The molecular weight excluding hydrogens is 260 g/mol. The molecular formula is C15H21ClN2O. The highest BCUT2D eigenvalue weighted by molar-refractivity contribution is 6.30. The van der Waals surface area contributed by atoms with Crippen molar-refractivity contribution in [2.45, 2.75) is 32.2 Å². The summed E-state index contributed by atoms with van der Waals surface area (Å²) in [6, 6.07) is 7.97. The Morgan fingerprint density at radius 2 is 2.37 bits per heavy atom. The van der Waals surface area contributed by atoms with Crippen molar-refractivity contribution in [2.24, 2.45) is 11.7 Å². The summed E-state index contributed by atoms with van der Waals surface area (Å²) in [4.78, 5) is 14.5. The van der Waals surface area contributed by atoms with Crippen LogP contribution in [0, 0.1) is 5.92 Å². The molecule has 1 amide bonds. The Bertz CT molecular complexity index is 446. The SMILES string of the molecule is CCC(CN)C(=O)N1CCCC1c1cccc(Cl)c1. The normalized spacial score (nSPS) is 20.6. The maximum Gasteiger partial charge on any atom is 0.227 e. The molecule has 2 rings (SSSR count). The molecule has 0 aromatic heterocycles. The Balaban J connectivity index is 2.19. The highest BCUT2D eigenvalue weighted by atomic mass is 35.5. The van der Waals surface area contributed by atoms with Crippen molar-refractivity contribution in [3.63, 3.8) is 0 Å². The first-order valence-electron chi connectivity index (χ1n) is 6.93. The second kappa shape index (κ2) is 6.40. The molecule has 2 unspecified atom stereocenters. The predicted octanol–water partition coefficient (Wildman–Crippen LogP) is 2.99. The third kappa shape index (κ3) is 3.10. The van der Waals surface area contributed by atoms with E-state index in [1.54, 1.807) is 0 Å².